The molecule has 2 fully saturated rings. The van der Waals surface area contributed by atoms with E-state index in [1.165, 1.54) is 36.0 Å². The molecule has 1 saturated carbocycles. The lowest BCUT2D eigenvalue weighted by atomic mass is 9.98. The molecule has 1 amide bonds. The molecule has 1 aromatic carbocycles. The molecule has 2 aliphatic rings. The highest BCUT2D eigenvalue weighted by Gasteiger charge is 2.57. The fourth-order valence-electron chi connectivity index (χ4n) is 5.81. The highest BCUT2D eigenvalue weighted by atomic mass is 32.2. The summed E-state index contributed by atoms with van der Waals surface area (Å²) >= 11 is 1.19. The Hall–Kier alpha value is -5.11. The standard InChI is InChI=1S/C34H43NO18S/c1-15(36)44-14-24-26(46-16(2)37)28(48-18(4)39)31(51-21(7)42)33(53-24)52-23-11-9-22(10-12-23)13-45-34(43)35-25-27(47-17(3)38)29(49-19(5)40)30(32(25)54-8)50-20(6)41/h9-12,24-33H,13-14H2,1-8H3,(H,35,43)/t24-,25+,26-,27-,28+,29-,30-,31+,32-,33+/m1/s1. The van der Waals surface area contributed by atoms with Gasteiger partial charge in [0.15, 0.2) is 30.5 Å². The van der Waals surface area contributed by atoms with E-state index in [9.17, 15) is 38.4 Å². The lowest BCUT2D eigenvalue weighted by Crippen LogP contribution is -2.63. The van der Waals surface area contributed by atoms with Crippen molar-refractivity contribution >= 4 is 59.6 Å². The minimum absolute atomic E-state index is 0.148. The summed E-state index contributed by atoms with van der Waals surface area (Å²) in [7, 11) is 0. The summed E-state index contributed by atoms with van der Waals surface area (Å²) in [5.41, 5.74) is 0.471. The number of hydrogen-bond donors (Lipinski definition) is 1. The van der Waals surface area contributed by atoms with E-state index in [1.807, 2.05) is 0 Å². The summed E-state index contributed by atoms with van der Waals surface area (Å²) in [6.45, 7) is 7.17. The van der Waals surface area contributed by atoms with Crippen LogP contribution in [0.2, 0.25) is 0 Å². The van der Waals surface area contributed by atoms with Crippen LogP contribution in [-0.2, 0) is 82.8 Å². The zero-order valence-electron chi connectivity index (χ0n) is 30.8. The van der Waals surface area contributed by atoms with E-state index in [0.717, 1.165) is 48.5 Å². The van der Waals surface area contributed by atoms with Crippen LogP contribution in [0.5, 0.6) is 5.75 Å². The first-order valence-corrected chi connectivity index (χ1v) is 17.7. The third-order valence-corrected chi connectivity index (χ3v) is 8.74. The molecule has 1 aliphatic carbocycles. The van der Waals surface area contributed by atoms with E-state index in [0.29, 0.717) is 5.56 Å². The Balaban J connectivity index is 1.78. The second kappa shape index (κ2) is 19.8. The molecule has 0 unspecified atom stereocenters. The van der Waals surface area contributed by atoms with Gasteiger partial charge in [-0.1, -0.05) is 12.1 Å². The van der Waals surface area contributed by atoms with Crippen molar-refractivity contribution in [3.05, 3.63) is 29.8 Å². The normalized spacial score (nSPS) is 27.3. The van der Waals surface area contributed by atoms with Gasteiger partial charge < -0.3 is 52.7 Å². The number of esters is 7. The summed E-state index contributed by atoms with van der Waals surface area (Å²) in [6, 6.07) is 5.00. The van der Waals surface area contributed by atoms with Crippen LogP contribution in [0.25, 0.3) is 0 Å². The van der Waals surface area contributed by atoms with Crippen molar-refractivity contribution in [2.75, 3.05) is 12.9 Å². The van der Waals surface area contributed by atoms with Gasteiger partial charge in [-0.3, -0.25) is 33.6 Å². The van der Waals surface area contributed by atoms with Gasteiger partial charge in [0.25, 0.3) is 0 Å². The zero-order chi connectivity index (χ0) is 40.3. The smallest absolute Gasteiger partial charge is 0.407 e. The second-order valence-corrected chi connectivity index (χ2v) is 13.0. The number of alkyl carbamates (subject to hydrolysis) is 1. The molecular weight excluding hydrogens is 742 g/mol. The Morgan fingerprint density at radius 1 is 0.593 bits per heavy atom. The van der Waals surface area contributed by atoms with Crippen LogP contribution in [0.3, 0.4) is 0 Å². The van der Waals surface area contributed by atoms with Gasteiger partial charge in [-0.25, -0.2) is 4.79 Å². The van der Waals surface area contributed by atoms with Crippen LogP contribution < -0.4 is 10.1 Å². The molecule has 54 heavy (non-hydrogen) atoms. The molecule has 20 heteroatoms. The number of ether oxygens (including phenoxy) is 10. The monoisotopic (exact) mass is 785 g/mol. The lowest BCUT2D eigenvalue weighted by molar-refractivity contribution is -0.288. The summed E-state index contributed by atoms with van der Waals surface area (Å²) in [5, 5.41) is 1.92. The molecule has 0 aromatic heterocycles. The van der Waals surface area contributed by atoms with E-state index in [4.69, 9.17) is 47.4 Å². The van der Waals surface area contributed by atoms with Crippen LogP contribution in [-0.4, -0.2) is 121 Å². The van der Waals surface area contributed by atoms with Gasteiger partial charge in [0, 0.05) is 48.5 Å². The first-order chi connectivity index (χ1) is 25.4. The van der Waals surface area contributed by atoms with E-state index in [2.05, 4.69) is 5.32 Å². The highest BCUT2D eigenvalue weighted by molar-refractivity contribution is 7.99. The maximum atomic E-state index is 13.0. The lowest BCUT2D eigenvalue weighted by Gasteiger charge is -2.43. The second-order valence-electron chi connectivity index (χ2n) is 12.0. The number of nitrogens with one attached hydrogen (secondary N) is 1. The summed E-state index contributed by atoms with van der Waals surface area (Å²) in [4.78, 5) is 96.5. The molecule has 0 radical (unpaired) electrons. The summed E-state index contributed by atoms with van der Waals surface area (Å²) in [6.07, 6.45) is -9.68. The molecular formula is C34H43NO18S. The number of carbonyl (C=O) groups is 8. The third kappa shape index (κ3) is 12.5. The SMILES string of the molecule is CS[C@@H]1[C@@H](NC(=O)OCc2ccc(O[C@H]3O[C@H](COC(C)=O)[C@@H](OC(C)=O)[C@H](OC(C)=O)[C@@H]3OC(C)=O)cc2)[C@@H](OC(C)=O)[C@@H](OC(C)=O)[C@H]1OC(C)=O. The molecule has 1 heterocycles. The van der Waals surface area contributed by atoms with Crippen molar-refractivity contribution < 1.29 is 85.7 Å². The zero-order valence-corrected chi connectivity index (χ0v) is 31.6. The van der Waals surface area contributed by atoms with Gasteiger partial charge in [-0.2, -0.15) is 11.8 Å². The quantitative estimate of drug-likeness (QED) is 0.206. The van der Waals surface area contributed by atoms with Gasteiger partial charge in [-0.15, -0.1) is 0 Å². The maximum Gasteiger partial charge on any atom is 0.407 e. The van der Waals surface area contributed by atoms with E-state index < -0.39 is 115 Å². The van der Waals surface area contributed by atoms with Crippen molar-refractivity contribution in [1.82, 2.24) is 5.32 Å². The average molecular weight is 786 g/mol. The van der Waals surface area contributed by atoms with Crippen molar-refractivity contribution in [1.29, 1.82) is 0 Å². The molecule has 19 nitrogen and oxygen atoms in total. The fourth-order valence-corrected chi connectivity index (χ4v) is 6.80. The number of amides is 1. The van der Waals surface area contributed by atoms with Gasteiger partial charge in [0.2, 0.25) is 12.4 Å². The number of hydrogen-bond acceptors (Lipinski definition) is 19. The van der Waals surface area contributed by atoms with Crippen LogP contribution in [0.1, 0.15) is 54.0 Å². The highest BCUT2D eigenvalue weighted by Crippen LogP contribution is 2.36. The minimum atomic E-state index is -1.47. The third-order valence-electron chi connectivity index (χ3n) is 7.64. The molecule has 1 aromatic rings. The Bertz CT molecular complexity index is 1550. The van der Waals surface area contributed by atoms with Gasteiger partial charge >= 0.3 is 47.9 Å². The van der Waals surface area contributed by atoms with E-state index in [1.54, 1.807) is 6.26 Å². The van der Waals surface area contributed by atoms with Crippen molar-refractivity contribution in [3.8, 4) is 5.75 Å². The maximum absolute atomic E-state index is 13.0. The van der Waals surface area contributed by atoms with Gasteiger partial charge in [0.1, 0.15) is 25.1 Å². The summed E-state index contributed by atoms with van der Waals surface area (Å²) in [5.74, 6) is -5.05. The van der Waals surface area contributed by atoms with Gasteiger partial charge in [0.05, 0.1) is 11.3 Å². The first-order valence-electron chi connectivity index (χ1n) is 16.4. The first kappa shape index (κ1) is 43.3. The summed E-state index contributed by atoms with van der Waals surface area (Å²) < 4.78 is 54.8. The van der Waals surface area contributed by atoms with Crippen LogP contribution in [0.15, 0.2) is 24.3 Å². The van der Waals surface area contributed by atoms with Gasteiger partial charge in [-0.05, 0) is 24.0 Å². The molecule has 0 bridgehead atoms. The molecule has 298 valence electrons. The van der Waals surface area contributed by atoms with E-state index >= 15 is 0 Å². The number of rotatable bonds is 14. The molecule has 0 spiro atoms. The number of benzene rings is 1. The van der Waals surface area contributed by atoms with Crippen LogP contribution in [0, 0.1) is 0 Å². The molecule has 1 saturated heterocycles. The minimum Gasteiger partial charge on any atom is -0.463 e. The Kier molecular flexibility index (Phi) is 15.9. The van der Waals surface area contributed by atoms with Crippen molar-refractivity contribution in [2.45, 2.75) is 115 Å². The largest absolute Gasteiger partial charge is 0.463 e. The van der Waals surface area contributed by atoms with Crippen molar-refractivity contribution in [3.63, 3.8) is 0 Å². The Labute approximate surface area is 314 Å². The van der Waals surface area contributed by atoms with Crippen LogP contribution in [0.4, 0.5) is 4.79 Å². The molecule has 3 rings (SSSR count). The predicted molar refractivity (Wildman–Crippen MR) is 180 cm³/mol. The Morgan fingerprint density at radius 2 is 1.06 bits per heavy atom. The number of thioether (sulfide) groups is 1. The fraction of sp³-hybridized carbons (Fsp3) is 0.588. The molecule has 1 N–H and O–H groups in total. The average Bonchev–Trinajstić information content (AvgIpc) is 3.30. The molecule has 1 aliphatic heterocycles. The van der Waals surface area contributed by atoms with E-state index in [-0.39, 0.29) is 12.4 Å². The van der Waals surface area contributed by atoms with Crippen molar-refractivity contribution in [2.24, 2.45) is 0 Å². The number of carbonyl (C=O) groups excluding carboxylic acids is 8. The topological polar surface area (TPSA) is 241 Å². The predicted octanol–water partition coefficient (Wildman–Crippen LogP) is 1.28. The Morgan fingerprint density at radius 3 is 1.56 bits per heavy atom. The van der Waals surface area contributed by atoms with Crippen LogP contribution >= 0.6 is 11.8 Å². The molecule has 10 atom stereocenters.